The van der Waals surface area contributed by atoms with Crippen molar-refractivity contribution in [3.8, 4) is 0 Å². The number of esters is 1. The molecule has 98 valence electrons. The minimum absolute atomic E-state index is 0.244. The SMILES string of the molecule is COC(=O)[C@@H]1C[C@@](OC)(c2ccc(Br)cc2)CN1. The number of hydrogen-bond donors (Lipinski definition) is 1. The van der Waals surface area contributed by atoms with Gasteiger partial charge in [0.15, 0.2) is 0 Å². The molecule has 2 atom stereocenters. The maximum atomic E-state index is 11.6. The van der Waals surface area contributed by atoms with Crippen LogP contribution in [0.4, 0.5) is 0 Å². The molecule has 1 aromatic rings. The molecule has 1 heterocycles. The Labute approximate surface area is 115 Å². The first-order chi connectivity index (χ1) is 8.61. The van der Waals surface area contributed by atoms with Gasteiger partial charge in [-0.15, -0.1) is 0 Å². The summed E-state index contributed by atoms with van der Waals surface area (Å²) in [7, 11) is 3.07. The molecule has 5 heteroatoms. The summed E-state index contributed by atoms with van der Waals surface area (Å²) in [5.74, 6) is -0.244. The van der Waals surface area contributed by atoms with Crippen LogP contribution >= 0.6 is 15.9 Å². The standard InChI is InChI=1S/C13H16BrNO3/c1-17-12(16)11-7-13(18-2,8-15-11)9-3-5-10(14)6-4-9/h3-6,11,15H,7-8H2,1-2H3/t11-,13-/m0/s1. The molecule has 2 rings (SSSR count). The molecule has 4 nitrogen and oxygen atoms in total. The molecular weight excluding hydrogens is 298 g/mol. The fraction of sp³-hybridized carbons (Fsp3) is 0.462. The van der Waals surface area contributed by atoms with Gasteiger partial charge >= 0.3 is 5.97 Å². The van der Waals surface area contributed by atoms with Crippen LogP contribution in [-0.4, -0.2) is 32.8 Å². The maximum Gasteiger partial charge on any atom is 0.322 e. The number of carbonyl (C=O) groups excluding carboxylic acids is 1. The molecular formula is C13H16BrNO3. The highest BCUT2D eigenvalue weighted by molar-refractivity contribution is 9.10. The van der Waals surface area contributed by atoms with Gasteiger partial charge in [-0.3, -0.25) is 4.79 Å². The second kappa shape index (κ2) is 5.38. The molecule has 0 spiro atoms. The predicted octanol–water partition coefficient (Wildman–Crippen LogP) is 1.83. The van der Waals surface area contributed by atoms with Gasteiger partial charge in [-0.2, -0.15) is 0 Å². The maximum absolute atomic E-state index is 11.6. The number of carbonyl (C=O) groups is 1. The van der Waals surface area contributed by atoms with Gasteiger partial charge in [-0.05, 0) is 17.7 Å². The largest absolute Gasteiger partial charge is 0.468 e. The van der Waals surface area contributed by atoms with Crippen LogP contribution in [0.25, 0.3) is 0 Å². The number of hydrogen-bond acceptors (Lipinski definition) is 4. The smallest absolute Gasteiger partial charge is 0.322 e. The van der Waals surface area contributed by atoms with Crippen molar-refractivity contribution in [3.63, 3.8) is 0 Å². The van der Waals surface area contributed by atoms with Crippen LogP contribution in [0.2, 0.25) is 0 Å². The Balaban J connectivity index is 2.23. The third kappa shape index (κ3) is 2.43. The number of halogens is 1. The lowest BCUT2D eigenvalue weighted by Gasteiger charge is -2.27. The Bertz CT molecular complexity index is 434. The number of benzene rings is 1. The monoisotopic (exact) mass is 313 g/mol. The Kier molecular flexibility index (Phi) is 4.04. The van der Waals surface area contributed by atoms with Crippen molar-refractivity contribution < 1.29 is 14.3 Å². The van der Waals surface area contributed by atoms with Crippen molar-refractivity contribution in [2.45, 2.75) is 18.1 Å². The number of nitrogens with one attached hydrogen (secondary N) is 1. The zero-order valence-corrected chi connectivity index (χ0v) is 12.0. The zero-order chi connectivity index (χ0) is 13.2. The molecule has 0 saturated carbocycles. The summed E-state index contributed by atoms with van der Waals surface area (Å²) in [6, 6.07) is 7.66. The Morgan fingerprint density at radius 2 is 2.06 bits per heavy atom. The molecule has 0 aromatic heterocycles. The number of methoxy groups -OCH3 is 2. The van der Waals surface area contributed by atoms with Crippen molar-refractivity contribution >= 4 is 21.9 Å². The second-order valence-corrected chi connectivity index (χ2v) is 5.28. The minimum Gasteiger partial charge on any atom is -0.468 e. The van der Waals surface area contributed by atoms with E-state index in [2.05, 4.69) is 21.2 Å². The molecule has 1 aromatic carbocycles. The van der Waals surface area contributed by atoms with Gasteiger partial charge < -0.3 is 14.8 Å². The summed E-state index contributed by atoms with van der Waals surface area (Å²) in [5.41, 5.74) is 0.603. The highest BCUT2D eigenvalue weighted by Crippen LogP contribution is 2.34. The molecule has 0 aliphatic carbocycles. The number of rotatable bonds is 3. The van der Waals surface area contributed by atoms with Crippen molar-refractivity contribution in [1.82, 2.24) is 5.32 Å². The number of ether oxygens (including phenoxy) is 2. The summed E-state index contributed by atoms with van der Waals surface area (Å²) in [5, 5.41) is 3.15. The molecule has 1 aliphatic rings. The molecule has 0 bridgehead atoms. The van der Waals surface area contributed by atoms with E-state index in [0.29, 0.717) is 13.0 Å². The lowest BCUT2D eigenvalue weighted by molar-refractivity contribution is -0.143. The van der Waals surface area contributed by atoms with Crippen molar-refractivity contribution in [1.29, 1.82) is 0 Å². The molecule has 18 heavy (non-hydrogen) atoms. The van der Waals surface area contributed by atoms with E-state index in [0.717, 1.165) is 10.0 Å². The van der Waals surface area contributed by atoms with E-state index in [4.69, 9.17) is 9.47 Å². The molecule has 1 aliphatic heterocycles. The minimum atomic E-state index is -0.459. The topological polar surface area (TPSA) is 47.6 Å². The van der Waals surface area contributed by atoms with Gasteiger partial charge in [-0.25, -0.2) is 0 Å². The fourth-order valence-electron chi connectivity index (χ4n) is 2.32. The highest BCUT2D eigenvalue weighted by Gasteiger charge is 2.43. The van der Waals surface area contributed by atoms with Crippen LogP contribution in [0.15, 0.2) is 28.7 Å². The van der Waals surface area contributed by atoms with E-state index < -0.39 is 5.60 Å². The van der Waals surface area contributed by atoms with Crippen LogP contribution in [0.5, 0.6) is 0 Å². The summed E-state index contributed by atoms with van der Waals surface area (Å²) < 4.78 is 11.4. The van der Waals surface area contributed by atoms with E-state index in [1.165, 1.54) is 7.11 Å². The van der Waals surface area contributed by atoms with Gasteiger partial charge in [-0.1, -0.05) is 28.1 Å². The second-order valence-electron chi connectivity index (χ2n) is 4.37. The first-order valence-corrected chi connectivity index (χ1v) is 6.53. The molecule has 0 radical (unpaired) electrons. The van der Waals surface area contributed by atoms with Gasteiger partial charge in [0.2, 0.25) is 0 Å². The van der Waals surface area contributed by atoms with Crippen LogP contribution < -0.4 is 5.32 Å². The van der Waals surface area contributed by atoms with Gasteiger partial charge in [0, 0.05) is 24.5 Å². The van der Waals surface area contributed by atoms with E-state index in [1.807, 2.05) is 24.3 Å². The summed E-state index contributed by atoms with van der Waals surface area (Å²) in [4.78, 5) is 11.6. The van der Waals surface area contributed by atoms with Crippen LogP contribution in [0, 0.1) is 0 Å². The molecule has 1 saturated heterocycles. The van der Waals surface area contributed by atoms with Gasteiger partial charge in [0.25, 0.3) is 0 Å². The summed E-state index contributed by atoms with van der Waals surface area (Å²) in [6.45, 7) is 0.602. The Hall–Kier alpha value is -0.910. The van der Waals surface area contributed by atoms with Crippen LogP contribution in [0.3, 0.4) is 0 Å². The van der Waals surface area contributed by atoms with Crippen molar-refractivity contribution in [2.75, 3.05) is 20.8 Å². The lowest BCUT2D eigenvalue weighted by atomic mass is 9.91. The van der Waals surface area contributed by atoms with Crippen LogP contribution in [-0.2, 0) is 19.9 Å². The molecule has 1 N–H and O–H groups in total. The van der Waals surface area contributed by atoms with E-state index >= 15 is 0 Å². The van der Waals surface area contributed by atoms with Crippen LogP contribution in [0.1, 0.15) is 12.0 Å². The first kappa shape index (κ1) is 13.5. The van der Waals surface area contributed by atoms with E-state index in [-0.39, 0.29) is 12.0 Å². The third-order valence-electron chi connectivity index (χ3n) is 3.41. The quantitative estimate of drug-likeness (QED) is 0.865. The fourth-order valence-corrected chi connectivity index (χ4v) is 2.58. The van der Waals surface area contributed by atoms with Crippen molar-refractivity contribution in [3.05, 3.63) is 34.3 Å². The summed E-state index contributed by atoms with van der Waals surface area (Å²) in [6.07, 6.45) is 0.581. The first-order valence-electron chi connectivity index (χ1n) is 5.74. The normalized spacial score (nSPS) is 27.2. The average Bonchev–Trinajstić information content (AvgIpc) is 2.84. The van der Waals surface area contributed by atoms with Gasteiger partial charge in [0.1, 0.15) is 11.6 Å². The Morgan fingerprint density at radius 3 is 2.61 bits per heavy atom. The average molecular weight is 314 g/mol. The Morgan fingerprint density at radius 1 is 1.39 bits per heavy atom. The van der Waals surface area contributed by atoms with Gasteiger partial charge in [0.05, 0.1) is 7.11 Å². The zero-order valence-electron chi connectivity index (χ0n) is 10.4. The predicted molar refractivity (Wildman–Crippen MR) is 71.3 cm³/mol. The highest BCUT2D eigenvalue weighted by atomic mass is 79.9. The lowest BCUT2D eigenvalue weighted by Crippen LogP contribution is -2.31. The van der Waals surface area contributed by atoms with E-state index in [1.54, 1.807) is 7.11 Å². The van der Waals surface area contributed by atoms with Crippen molar-refractivity contribution in [2.24, 2.45) is 0 Å². The molecule has 0 amide bonds. The summed E-state index contributed by atoms with van der Waals surface area (Å²) >= 11 is 3.41. The molecule has 0 unspecified atom stereocenters. The third-order valence-corrected chi connectivity index (χ3v) is 3.94. The van der Waals surface area contributed by atoms with E-state index in [9.17, 15) is 4.79 Å². The molecule has 1 fully saturated rings.